The van der Waals surface area contributed by atoms with Gasteiger partial charge in [0.2, 0.25) is 0 Å². The lowest BCUT2D eigenvalue weighted by atomic mass is 10.1. The van der Waals surface area contributed by atoms with Crippen molar-refractivity contribution in [2.45, 2.75) is 29.2 Å². The standard InChI is InChI=1S/C12H14N2O2S2/c1-7(15)11-9(16-3)5-4-6-10(11)17-12-13-8(2)14-18-12/h4-7,15H,1-3H3/t7-/m1/s1. The number of hydrogen-bond donors (Lipinski definition) is 1. The van der Waals surface area contributed by atoms with Crippen molar-refractivity contribution < 1.29 is 9.84 Å². The number of nitrogens with zero attached hydrogens (tertiary/aromatic N) is 2. The lowest BCUT2D eigenvalue weighted by molar-refractivity contribution is 0.191. The van der Waals surface area contributed by atoms with Gasteiger partial charge in [0.25, 0.3) is 0 Å². The predicted molar refractivity (Wildman–Crippen MR) is 72.4 cm³/mol. The van der Waals surface area contributed by atoms with E-state index < -0.39 is 6.10 Å². The molecule has 2 aromatic rings. The second-order valence-electron chi connectivity index (χ2n) is 3.76. The summed E-state index contributed by atoms with van der Waals surface area (Å²) in [5.41, 5.74) is 0.790. The first-order valence-corrected chi connectivity index (χ1v) is 7.04. The monoisotopic (exact) mass is 282 g/mol. The van der Waals surface area contributed by atoms with Crippen LogP contribution in [0.25, 0.3) is 0 Å². The van der Waals surface area contributed by atoms with Gasteiger partial charge in [-0.1, -0.05) is 17.8 Å². The number of aromatic nitrogens is 2. The maximum absolute atomic E-state index is 9.87. The molecule has 6 heteroatoms. The van der Waals surface area contributed by atoms with Gasteiger partial charge >= 0.3 is 0 Å². The first-order valence-electron chi connectivity index (χ1n) is 5.45. The smallest absolute Gasteiger partial charge is 0.174 e. The number of hydrogen-bond acceptors (Lipinski definition) is 6. The van der Waals surface area contributed by atoms with Crippen LogP contribution in [0.5, 0.6) is 5.75 Å². The summed E-state index contributed by atoms with van der Waals surface area (Å²) < 4.78 is 10.3. The molecule has 0 spiro atoms. The van der Waals surface area contributed by atoms with E-state index in [1.54, 1.807) is 14.0 Å². The predicted octanol–water partition coefficient (Wildman–Crippen LogP) is 3.06. The van der Waals surface area contributed by atoms with Gasteiger partial charge in [0.1, 0.15) is 11.6 Å². The van der Waals surface area contributed by atoms with E-state index in [1.807, 2.05) is 25.1 Å². The molecular formula is C12H14N2O2S2. The van der Waals surface area contributed by atoms with E-state index in [0.29, 0.717) is 5.75 Å². The van der Waals surface area contributed by atoms with Crippen LogP contribution >= 0.6 is 23.3 Å². The molecule has 2 rings (SSSR count). The van der Waals surface area contributed by atoms with Crippen LogP contribution in [0.4, 0.5) is 0 Å². The fourth-order valence-corrected chi connectivity index (χ4v) is 3.46. The summed E-state index contributed by atoms with van der Waals surface area (Å²) in [4.78, 5) is 5.25. The van der Waals surface area contributed by atoms with Gasteiger partial charge in [-0.2, -0.15) is 4.37 Å². The zero-order chi connectivity index (χ0) is 13.1. The van der Waals surface area contributed by atoms with E-state index in [4.69, 9.17) is 4.74 Å². The molecule has 1 aromatic carbocycles. The van der Waals surface area contributed by atoms with Crippen LogP contribution in [0.3, 0.4) is 0 Å². The number of aryl methyl sites for hydroxylation is 1. The molecule has 0 saturated heterocycles. The molecular weight excluding hydrogens is 268 g/mol. The average molecular weight is 282 g/mol. The quantitative estimate of drug-likeness (QED) is 0.934. The van der Waals surface area contributed by atoms with Crippen LogP contribution in [0.1, 0.15) is 24.4 Å². The van der Waals surface area contributed by atoms with Gasteiger partial charge in [0, 0.05) is 10.5 Å². The zero-order valence-electron chi connectivity index (χ0n) is 10.4. The lowest BCUT2D eigenvalue weighted by Gasteiger charge is -2.14. The van der Waals surface area contributed by atoms with Crippen molar-refractivity contribution in [3.8, 4) is 5.75 Å². The van der Waals surface area contributed by atoms with Crippen LogP contribution in [0.15, 0.2) is 27.4 Å². The number of methoxy groups -OCH3 is 1. The Hall–Kier alpha value is -1.11. The Morgan fingerprint density at radius 1 is 1.44 bits per heavy atom. The van der Waals surface area contributed by atoms with E-state index in [9.17, 15) is 5.11 Å². The van der Waals surface area contributed by atoms with Crippen molar-refractivity contribution in [1.82, 2.24) is 9.36 Å². The Kier molecular flexibility index (Phi) is 4.21. The van der Waals surface area contributed by atoms with Crippen molar-refractivity contribution >= 4 is 23.3 Å². The Balaban J connectivity index is 2.37. The molecule has 0 saturated carbocycles. The van der Waals surface area contributed by atoms with Crippen LogP contribution in [-0.2, 0) is 0 Å². The number of rotatable bonds is 4. The van der Waals surface area contributed by atoms with Gasteiger partial charge in [-0.05, 0) is 37.5 Å². The highest BCUT2D eigenvalue weighted by Gasteiger charge is 2.16. The van der Waals surface area contributed by atoms with E-state index in [1.165, 1.54) is 23.3 Å². The zero-order valence-corrected chi connectivity index (χ0v) is 12.0. The lowest BCUT2D eigenvalue weighted by Crippen LogP contribution is -1.98. The summed E-state index contributed by atoms with van der Waals surface area (Å²) in [7, 11) is 1.60. The second-order valence-corrected chi connectivity index (χ2v) is 5.80. The van der Waals surface area contributed by atoms with Gasteiger partial charge in [-0.3, -0.25) is 0 Å². The molecule has 0 fully saturated rings. The van der Waals surface area contributed by atoms with Gasteiger partial charge in [-0.25, -0.2) is 4.98 Å². The minimum atomic E-state index is -0.585. The molecule has 0 aliphatic rings. The van der Waals surface area contributed by atoms with Crippen LogP contribution in [-0.4, -0.2) is 21.6 Å². The van der Waals surface area contributed by atoms with E-state index in [0.717, 1.165) is 20.6 Å². The SMILES string of the molecule is COc1cccc(Sc2nc(C)ns2)c1[C@@H](C)O. The molecule has 0 bridgehead atoms. The summed E-state index contributed by atoms with van der Waals surface area (Å²) in [5.74, 6) is 1.46. The average Bonchev–Trinajstić information content (AvgIpc) is 2.74. The molecule has 18 heavy (non-hydrogen) atoms. The Morgan fingerprint density at radius 2 is 2.22 bits per heavy atom. The molecule has 0 radical (unpaired) electrons. The summed E-state index contributed by atoms with van der Waals surface area (Å²) in [6, 6.07) is 5.70. The van der Waals surface area contributed by atoms with Gasteiger partial charge in [-0.15, -0.1) is 0 Å². The third kappa shape index (κ3) is 2.82. The second kappa shape index (κ2) is 5.69. The Bertz CT molecular complexity index is 541. The van der Waals surface area contributed by atoms with E-state index in [2.05, 4.69) is 9.36 Å². The van der Waals surface area contributed by atoms with Crippen LogP contribution in [0.2, 0.25) is 0 Å². The normalized spacial score (nSPS) is 12.4. The number of benzene rings is 1. The maximum atomic E-state index is 9.87. The number of aliphatic hydroxyl groups is 1. The van der Waals surface area contributed by atoms with Gasteiger partial charge < -0.3 is 9.84 Å². The van der Waals surface area contributed by atoms with Crippen LogP contribution in [0, 0.1) is 6.92 Å². The highest BCUT2D eigenvalue weighted by atomic mass is 32.2. The third-order valence-corrected chi connectivity index (χ3v) is 4.29. The van der Waals surface area contributed by atoms with Crippen molar-refractivity contribution in [2.24, 2.45) is 0 Å². The topological polar surface area (TPSA) is 55.2 Å². The van der Waals surface area contributed by atoms with Crippen molar-refractivity contribution in [2.75, 3.05) is 7.11 Å². The molecule has 0 aliphatic carbocycles. The van der Waals surface area contributed by atoms with E-state index >= 15 is 0 Å². The van der Waals surface area contributed by atoms with Crippen molar-refractivity contribution in [3.05, 3.63) is 29.6 Å². The first kappa shape index (κ1) is 13.3. The van der Waals surface area contributed by atoms with Crippen molar-refractivity contribution in [1.29, 1.82) is 0 Å². The first-order chi connectivity index (χ1) is 8.61. The minimum Gasteiger partial charge on any atom is -0.496 e. The molecule has 1 N–H and O–H groups in total. The minimum absolute atomic E-state index is 0.585. The molecule has 1 heterocycles. The highest BCUT2D eigenvalue weighted by molar-refractivity contribution is 8.01. The molecule has 0 amide bonds. The molecule has 0 unspecified atom stereocenters. The summed E-state index contributed by atoms with van der Waals surface area (Å²) in [6.45, 7) is 3.59. The third-order valence-electron chi connectivity index (χ3n) is 2.37. The van der Waals surface area contributed by atoms with E-state index in [-0.39, 0.29) is 0 Å². The Morgan fingerprint density at radius 3 is 2.78 bits per heavy atom. The summed E-state index contributed by atoms with van der Waals surface area (Å²) in [6.07, 6.45) is -0.585. The maximum Gasteiger partial charge on any atom is 0.174 e. The molecule has 96 valence electrons. The van der Waals surface area contributed by atoms with Crippen molar-refractivity contribution in [3.63, 3.8) is 0 Å². The Labute approximate surface area is 114 Å². The summed E-state index contributed by atoms with van der Waals surface area (Å²) in [5, 5.41) is 9.87. The molecule has 1 aromatic heterocycles. The molecule has 0 aliphatic heterocycles. The fraction of sp³-hybridized carbons (Fsp3) is 0.333. The molecule has 4 nitrogen and oxygen atoms in total. The van der Waals surface area contributed by atoms with Crippen LogP contribution < -0.4 is 4.74 Å². The van der Waals surface area contributed by atoms with Gasteiger partial charge in [0.05, 0.1) is 13.2 Å². The number of ether oxygens (including phenoxy) is 1. The molecule has 1 atom stereocenters. The summed E-state index contributed by atoms with van der Waals surface area (Å²) >= 11 is 2.86. The number of aliphatic hydroxyl groups excluding tert-OH is 1. The fourth-order valence-electron chi connectivity index (χ4n) is 1.62. The highest BCUT2D eigenvalue weighted by Crippen LogP contribution is 2.38. The van der Waals surface area contributed by atoms with Gasteiger partial charge in [0.15, 0.2) is 4.34 Å². The largest absolute Gasteiger partial charge is 0.496 e.